The van der Waals surface area contributed by atoms with Crippen molar-refractivity contribution in [1.82, 2.24) is 10.2 Å². The van der Waals surface area contributed by atoms with Crippen LogP contribution in [-0.4, -0.2) is 23.5 Å². The summed E-state index contributed by atoms with van der Waals surface area (Å²) in [5, 5.41) is 3.44. The molecule has 0 bridgehead atoms. The topological polar surface area (TPSA) is 28.4 Å². The van der Waals surface area contributed by atoms with Crippen LogP contribution < -0.4 is 5.32 Å². The van der Waals surface area contributed by atoms with Crippen molar-refractivity contribution in [2.75, 3.05) is 13.1 Å². The molecule has 2 rings (SSSR count). The Bertz CT molecular complexity index is 409. The molecule has 1 aromatic heterocycles. The van der Waals surface area contributed by atoms with Crippen LogP contribution in [0.25, 0.3) is 0 Å². The van der Waals surface area contributed by atoms with E-state index in [0.29, 0.717) is 5.54 Å². The van der Waals surface area contributed by atoms with Gasteiger partial charge >= 0.3 is 0 Å². The maximum atomic E-state index is 5.92. The number of nitrogens with zero attached hydrogens (tertiary/aromatic N) is 1. The van der Waals surface area contributed by atoms with E-state index in [1.807, 2.05) is 0 Å². The van der Waals surface area contributed by atoms with Gasteiger partial charge in [-0.25, -0.2) is 0 Å². The van der Waals surface area contributed by atoms with Crippen molar-refractivity contribution < 1.29 is 4.42 Å². The Labute approximate surface area is 117 Å². The highest BCUT2D eigenvalue weighted by Crippen LogP contribution is 2.30. The molecule has 1 fully saturated rings. The second-order valence-electron chi connectivity index (χ2n) is 6.31. The fourth-order valence-corrected chi connectivity index (χ4v) is 2.89. The van der Waals surface area contributed by atoms with Crippen LogP contribution in [0, 0.1) is 6.92 Å². The normalized spacial score (nSPS) is 19.2. The fraction of sp³-hybridized carbons (Fsp3) is 0.750. The molecule has 0 saturated carbocycles. The molecule has 0 aliphatic carbocycles. The van der Waals surface area contributed by atoms with Crippen molar-refractivity contribution >= 4 is 0 Å². The van der Waals surface area contributed by atoms with E-state index in [9.17, 15) is 0 Å². The van der Waals surface area contributed by atoms with Crippen LogP contribution in [0.5, 0.6) is 0 Å². The summed E-state index contributed by atoms with van der Waals surface area (Å²) in [5.41, 5.74) is 1.63. The molecule has 3 nitrogen and oxygen atoms in total. The molecule has 0 aromatic carbocycles. The Morgan fingerprint density at radius 3 is 2.84 bits per heavy atom. The molecule has 0 unspecified atom stereocenters. The third kappa shape index (κ3) is 3.61. The van der Waals surface area contributed by atoms with Gasteiger partial charge in [-0.1, -0.05) is 6.92 Å². The van der Waals surface area contributed by atoms with Crippen molar-refractivity contribution in [1.29, 1.82) is 0 Å². The van der Waals surface area contributed by atoms with Crippen LogP contribution in [0.3, 0.4) is 0 Å². The van der Waals surface area contributed by atoms with Gasteiger partial charge in [-0.15, -0.1) is 0 Å². The number of furan rings is 1. The molecule has 1 aromatic rings. The number of aryl methyl sites for hydroxylation is 1. The van der Waals surface area contributed by atoms with Crippen molar-refractivity contribution in [2.24, 2.45) is 0 Å². The zero-order valence-electron chi connectivity index (χ0n) is 12.9. The van der Waals surface area contributed by atoms with Crippen LogP contribution in [0.15, 0.2) is 10.5 Å². The molecule has 108 valence electrons. The maximum Gasteiger partial charge on any atom is 0.118 e. The summed E-state index contributed by atoms with van der Waals surface area (Å²) in [7, 11) is 0. The first kappa shape index (κ1) is 14.6. The van der Waals surface area contributed by atoms with E-state index in [0.717, 1.165) is 31.2 Å². The van der Waals surface area contributed by atoms with E-state index in [-0.39, 0.29) is 0 Å². The number of likely N-dealkylation sites (tertiary alicyclic amines) is 1. The average Bonchev–Trinajstić information content (AvgIpc) is 2.84. The number of nitrogens with one attached hydrogen (secondary N) is 1. The predicted molar refractivity (Wildman–Crippen MR) is 79.2 cm³/mol. The molecule has 2 heterocycles. The molecule has 1 aliphatic heterocycles. The van der Waals surface area contributed by atoms with Gasteiger partial charge in [0, 0.05) is 17.6 Å². The van der Waals surface area contributed by atoms with Crippen LogP contribution >= 0.6 is 0 Å². The highest BCUT2D eigenvalue weighted by Gasteiger charge is 2.32. The molecule has 1 N–H and O–H groups in total. The quantitative estimate of drug-likeness (QED) is 0.798. The Balaban J connectivity index is 1.96. The van der Waals surface area contributed by atoms with Crippen LogP contribution in [0.1, 0.15) is 57.1 Å². The molecule has 1 saturated heterocycles. The Morgan fingerprint density at radius 2 is 2.21 bits per heavy atom. The summed E-state index contributed by atoms with van der Waals surface area (Å²) in [5.74, 6) is 2.18. The smallest absolute Gasteiger partial charge is 0.118 e. The summed E-state index contributed by atoms with van der Waals surface area (Å²) in [6, 6.07) is 2.23. The van der Waals surface area contributed by atoms with Crippen molar-refractivity contribution in [3.63, 3.8) is 0 Å². The van der Waals surface area contributed by atoms with E-state index >= 15 is 0 Å². The third-order valence-electron chi connectivity index (χ3n) is 4.23. The first-order chi connectivity index (χ1) is 9.03. The number of hydrogen-bond donors (Lipinski definition) is 1. The second-order valence-corrected chi connectivity index (χ2v) is 6.31. The van der Waals surface area contributed by atoms with Crippen LogP contribution in [0.4, 0.5) is 0 Å². The van der Waals surface area contributed by atoms with E-state index in [2.05, 4.69) is 44.0 Å². The lowest BCUT2D eigenvalue weighted by Crippen LogP contribution is -2.37. The number of rotatable bonds is 6. The van der Waals surface area contributed by atoms with Gasteiger partial charge in [0.2, 0.25) is 0 Å². The zero-order valence-corrected chi connectivity index (χ0v) is 12.9. The van der Waals surface area contributed by atoms with Gasteiger partial charge in [0.1, 0.15) is 11.5 Å². The van der Waals surface area contributed by atoms with E-state index in [4.69, 9.17) is 4.42 Å². The molecule has 1 aliphatic rings. The molecule has 0 amide bonds. The van der Waals surface area contributed by atoms with Gasteiger partial charge in [-0.3, -0.25) is 4.90 Å². The van der Waals surface area contributed by atoms with E-state index < -0.39 is 0 Å². The predicted octanol–water partition coefficient (Wildman–Crippen LogP) is 3.46. The third-order valence-corrected chi connectivity index (χ3v) is 4.23. The molecular weight excluding hydrogens is 236 g/mol. The Morgan fingerprint density at radius 1 is 1.42 bits per heavy atom. The van der Waals surface area contributed by atoms with Gasteiger partial charge in [0.05, 0.1) is 6.54 Å². The minimum atomic E-state index is 0.321. The molecular formula is C16H28N2O. The zero-order chi connectivity index (χ0) is 13.9. The van der Waals surface area contributed by atoms with Crippen molar-refractivity contribution in [2.45, 2.75) is 65.6 Å². The lowest BCUT2D eigenvalue weighted by molar-refractivity contribution is 0.154. The summed E-state index contributed by atoms with van der Waals surface area (Å²) in [6.07, 6.45) is 3.76. The van der Waals surface area contributed by atoms with E-state index in [1.54, 1.807) is 0 Å². The lowest BCUT2D eigenvalue weighted by Gasteiger charge is -2.30. The molecule has 0 spiro atoms. The van der Waals surface area contributed by atoms with Gasteiger partial charge in [0.15, 0.2) is 0 Å². The summed E-state index contributed by atoms with van der Waals surface area (Å²) in [4.78, 5) is 2.54. The Hall–Kier alpha value is -0.800. The minimum Gasteiger partial charge on any atom is -0.465 e. The van der Waals surface area contributed by atoms with E-state index in [1.165, 1.54) is 31.4 Å². The Kier molecular flexibility index (Phi) is 4.69. The molecule has 3 heteroatoms. The standard InChI is InChI=1S/C16H28N2O/c1-5-8-17-11-14-10-15(19-13(14)2)12-18-9-6-7-16(18,3)4/h10,17H,5-9,11-12H2,1-4H3. The van der Waals surface area contributed by atoms with Crippen molar-refractivity contribution in [3.05, 3.63) is 23.2 Å². The number of hydrogen-bond acceptors (Lipinski definition) is 3. The highest BCUT2D eigenvalue weighted by atomic mass is 16.3. The first-order valence-electron chi connectivity index (χ1n) is 7.57. The van der Waals surface area contributed by atoms with Crippen LogP contribution in [-0.2, 0) is 13.1 Å². The first-order valence-corrected chi connectivity index (χ1v) is 7.57. The highest BCUT2D eigenvalue weighted by molar-refractivity contribution is 5.21. The summed E-state index contributed by atoms with van der Waals surface area (Å²) < 4.78 is 5.92. The summed E-state index contributed by atoms with van der Waals surface area (Å²) >= 11 is 0. The average molecular weight is 264 g/mol. The van der Waals surface area contributed by atoms with Gasteiger partial charge in [-0.05, 0) is 59.2 Å². The molecule has 0 radical (unpaired) electrons. The SMILES string of the molecule is CCCNCc1cc(CN2CCCC2(C)C)oc1C. The largest absolute Gasteiger partial charge is 0.465 e. The fourth-order valence-electron chi connectivity index (χ4n) is 2.89. The van der Waals surface area contributed by atoms with Gasteiger partial charge < -0.3 is 9.73 Å². The maximum absolute atomic E-state index is 5.92. The summed E-state index contributed by atoms with van der Waals surface area (Å²) in [6.45, 7) is 13.1. The lowest BCUT2D eigenvalue weighted by atomic mass is 10.0. The van der Waals surface area contributed by atoms with Crippen molar-refractivity contribution in [3.8, 4) is 0 Å². The van der Waals surface area contributed by atoms with Gasteiger partial charge in [0.25, 0.3) is 0 Å². The molecule has 0 atom stereocenters. The van der Waals surface area contributed by atoms with Gasteiger partial charge in [-0.2, -0.15) is 0 Å². The second kappa shape index (κ2) is 6.10. The van der Waals surface area contributed by atoms with Crippen LogP contribution in [0.2, 0.25) is 0 Å². The molecule has 19 heavy (non-hydrogen) atoms. The minimum absolute atomic E-state index is 0.321. The monoisotopic (exact) mass is 264 g/mol.